The molecule has 4 nitrogen and oxygen atoms in total. The molecule has 0 saturated heterocycles. The summed E-state index contributed by atoms with van der Waals surface area (Å²) in [5.41, 5.74) is 1.42. The molecular formula is C21H32N2O2. The molecule has 1 aromatic rings. The van der Waals surface area contributed by atoms with Gasteiger partial charge in [0.25, 0.3) is 0 Å². The van der Waals surface area contributed by atoms with Gasteiger partial charge in [-0.2, -0.15) is 0 Å². The van der Waals surface area contributed by atoms with E-state index in [9.17, 15) is 5.11 Å². The highest BCUT2D eigenvalue weighted by Gasteiger charge is 2.48. The van der Waals surface area contributed by atoms with E-state index in [1.54, 1.807) is 0 Å². The zero-order chi connectivity index (χ0) is 17.8. The Morgan fingerprint density at radius 2 is 1.96 bits per heavy atom. The summed E-state index contributed by atoms with van der Waals surface area (Å²) >= 11 is 0. The molecule has 0 heterocycles. The Hall–Kier alpha value is -1.39. The molecule has 0 unspecified atom stereocenters. The van der Waals surface area contributed by atoms with Crippen molar-refractivity contribution in [1.82, 2.24) is 4.90 Å². The normalized spacial score (nSPS) is 35.2. The first-order chi connectivity index (χ1) is 12.1. The van der Waals surface area contributed by atoms with Crippen LogP contribution < -0.4 is 0 Å². The predicted octanol–water partition coefficient (Wildman–Crippen LogP) is 3.38. The molecule has 3 rings (SSSR count). The van der Waals surface area contributed by atoms with Crippen LogP contribution in [0.15, 0.2) is 35.5 Å². The van der Waals surface area contributed by atoms with Gasteiger partial charge in [0.2, 0.25) is 0 Å². The lowest BCUT2D eigenvalue weighted by Crippen LogP contribution is -2.34. The third-order valence-electron chi connectivity index (χ3n) is 6.09. The quantitative estimate of drug-likeness (QED) is 0.489. The molecule has 4 heteroatoms. The Bertz CT molecular complexity index is 560. The van der Waals surface area contributed by atoms with Crippen molar-refractivity contribution in [2.24, 2.45) is 28.8 Å². The molecule has 0 aliphatic heterocycles. The maximum atomic E-state index is 10.6. The number of fused-ring (bicyclic) bond motifs is 1. The van der Waals surface area contributed by atoms with E-state index in [1.165, 1.54) is 12.0 Å². The predicted molar refractivity (Wildman–Crippen MR) is 102 cm³/mol. The van der Waals surface area contributed by atoms with E-state index in [-0.39, 0.29) is 6.10 Å². The van der Waals surface area contributed by atoms with E-state index in [0.29, 0.717) is 36.2 Å². The largest absolute Gasteiger partial charge is 0.395 e. The molecule has 1 aromatic carbocycles. The summed E-state index contributed by atoms with van der Waals surface area (Å²) in [5, 5.41) is 14.8. The van der Waals surface area contributed by atoms with E-state index < -0.39 is 0 Å². The van der Waals surface area contributed by atoms with E-state index in [1.807, 2.05) is 20.3 Å². The molecule has 0 radical (unpaired) electrons. The van der Waals surface area contributed by atoms with Crippen molar-refractivity contribution < 1.29 is 9.94 Å². The zero-order valence-electron chi connectivity index (χ0n) is 15.7. The van der Waals surface area contributed by atoms with Crippen molar-refractivity contribution in [3.05, 3.63) is 35.9 Å². The van der Waals surface area contributed by atoms with Crippen LogP contribution in [0.3, 0.4) is 0 Å². The number of hydrogen-bond donors (Lipinski definition) is 1. The minimum atomic E-state index is -0.211. The number of rotatable bonds is 6. The second-order valence-corrected chi connectivity index (χ2v) is 8.16. The average molecular weight is 344 g/mol. The number of likely N-dealkylation sites (N-methyl/N-ethyl adjacent to an activating group) is 1. The molecule has 0 spiro atoms. The summed E-state index contributed by atoms with van der Waals surface area (Å²) in [6, 6.07) is 10.8. The Balaban J connectivity index is 1.61. The standard InChI is InChI=1S/C21H32N2O2/c1-15-11-17(16-7-5-4-6-8-16)12-19-20(24)13-18(21(15)19)14-22-25-10-9-23(2)3/h4-8,14-15,17-21,24H,9-13H2,1-3H3/b22-14+/t15-,17-,18+,19+,20-,21+/m0/s1. The lowest BCUT2D eigenvalue weighted by atomic mass is 9.66. The fourth-order valence-corrected chi connectivity index (χ4v) is 4.93. The van der Waals surface area contributed by atoms with Gasteiger partial charge in [-0.3, -0.25) is 0 Å². The van der Waals surface area contributed by atoms with Gasteiger partial charge in [-0.25, -0.2) is 0 Å². The van der Waals surface area contributed by atoms with Crippen molar-refractivity contribution >= 4 is 6.21 Å². The van der Waals surface area contributed by atoms with Crippen molar-refractivity contribution in [1.29, 1.82) is 0 Å². The van der Waals surface area contributed by atoms with Crippen LogP contribution in [0.25, 0.3) is 0 Å². The molecule has 2 saturated carbocycles. The van der Waals surface area contributed by atoms with Crippen LogP contribution in [0.2, 0.25) is 0 Å². The molecule has 2 aliphatic rings. The number of aliphatic hydroxyl groups excluding tert-OH is 1. The minimum Gasteiger partial charge on any atom is -0.395 e. The highest BCUT2D eigenvalue weighted by molar-refractivity contribution is 5.61. The lowest BCUT2D eigenvalue weighted by Gasteiger charge is -2.39. The van der Waals surface area contributed by atoms with Gasteiger partial charge in [0, 0.05) is 18.7 Å². The van der Waals surface area contributed by atoms with Crippen LogP contribution in [0, 0.1) is 23.7 Å². The minimum absolute atomic E-state index is 0.211. The molecule has 2 fully saturated rings. The van der Waals surface area contributed by atoms with Gasteiger partial charge in [-0.1, -0.05) is 42.4 Å². The van der Waals surface area contributed by atoms with Crippen LogP contribution in [0.4, 0.5) is 0 Å². The molecule has 138 valence electrons. The number of oxime groups is 1. The zero-order valence-corrected chi connectivity index (χ0v) is 15.7. The van der Waals surface area contributed by atoms with Crippen molar-refractivity contribution in [2.75, 3.05) is 27.2 Å². The van der Waals surface area contributed by atoms with Crippen LogP contribution in [0.1, 0.15) is 37.7 Å². The van der Waals surface area contributed by atoms with Crippen LogP contribution in [-0.2, 0) is 4.84 Å². The van der Waals surface area contributed by atoms with Gasteiger partial charge in [-0.05, 0) is 62.6 Å². The van der Waals surface area contributed by atoms with E-state index in [4.69, 9.17) is 4.84 Å². The first-order valence-electron chi connectivity index (χ1n) is 9.59. The molecule has 0 amide bonds. The Kier molecular flexibility index (Phi) is 6.13. The summed E-state index contributed by atoms with van der Waals surface area (Å²) in [5.74, 6) is 2.41. The number of benzene rings is 1. The number of hydrogen-bond acceptors (Lipinski definition) is 4. The van der Waals surface area contributed by atoms with Gasteiger partial charge < -0.3 is 14.8 Å². The van der Waals surface area contributed by atoms with Crippen molar-refractivity contribution in [3.8, 4) is 0 Å². The molecule has 25 heavy (non-hydrogen) atoms. The Morgan fingerprint density at radius 1 is 1.20 bits per heavy atom. The highest BCUT2D eigenvalue weighted by Crippen LogP contribution is 2.52. The molecular weight excluding hydrogens is 312 g/mol. The van der Waals surface area contributed by atoms with Crippen molar-refractivity contribution in [3.63, 3.8) is 0 Å². The third kappa shape index (κ3) is 4.42. The summed E-state index contributed by atoms with van der Waals surface area (Å²) in [6.07, 6.45) is 4.86. The molecule has 2 aliphatic carbocycles. The van der Waals surface area contributed by atoms with Crippen LogP contribution >= 0.6 is 0 Å². The summed E-state index contributed by atoms with van der Waals surface area (Å²) in [4.78, 5) is 7.47. The SMILES string of the molecule is C[C@H]1C[C@H](c2ccccc2)C[C@H]2[C@H]1[C@@H](/C=N/OCCN(C)C)C[C@@H]2O. The summed E-state index contributed by atoms with van der Waals surface area (Å²) < 4.78 is 0. The van der Waals surface area contributed by atoms with Gasteiger partial charge in [0.05, 0.1) is 6.10 Å². The van der Waals surface area contributed by atoms with Crippen LogP contribution in [0.5, 0.6) is 0 Å². The topological polar surface area (TPSA) is 45.1 Å². The average Bonchev–Trinajstić information content (AvgIpc) is 2.92. The van der Waals surface area contributed by atoms with E-state index in [2.05, 4.69) is 47.3 Å². The molecule has 0 aromatic heterocycles. The van der Waals surface area contributed by atoms with E-state index >= 15 is 0 Å². The van der Waals surface area contributed by atoms with E-state index in [0.717, 1.165) is 19.4 Å². The molecule has 6 atom stereocenters. The summed E-state index contributed by atoms with van der Waals surface area (Å²) in [6.45, 7) is 3.82. The lowest BCUT2D eigenvalue weighted by molar-refractivity contribution is 0.0659. The first kappa shape index (κ1) is 18.4. The first-order valence-corrected chi connectivity index (χ1v) is 9.59. The van der Waals surface area contributed by atoms with Gasteiger partial charge in [-0.15, -0.1) is 0 Å². The monoisotopic (exact) mass is 344 g/mol. The Labute approximate surface area is 151 Å². The number of aliphatic hydroxyl groups is 1. The fraction of sp³-hybridized carbons (Fsp3) is 0.667. The number of nitrogens with zero attached hydrogens (tertiary/aromatic N) is 2. The molecule has 0 bridgehead atoms. The van der Waals surface area contributed by atoms with Gasteiger partial charge >= 0.3 is 0 Å². The second-order valence-electron chi connectivity index (χ2n) is 8.16. The van der Waals surface area contributed by atoms with Gasteiger partial charge in [0.1, 0.15) is 6.61 Å². The fourth-order valence-electron chi connectivity index (χ4n) is 4.93. The maximum absolute atomic E-state index is 10.6. The van der Waals surface area contributed by atoms with Crippen LogP contribution in [-0.4, -0.2) is 49.6 Å². The Morgan fingerprint density at radius 3 is 2.68 bits per heavy atom. The second kappa shape index (κ2) is 8.33. The molecule has 1 N–H and O–H groups in total. The third-order valence-corrected chi connectivity index (χ3v) is 6.09. The smallest absolute Gasteiger partial charge is 0.129 e. The highest BCUT2D eigenvalue weighted by atomic mass is 16.6. The van der Waals surface area contributed by atoms with Crippen molar-refractivity contribution in [2.45, 2.75) is 38.2 Å². The van der Waals surface area contributed by atoms with Gasteiger partial charge in [0.15, 0.2) is 0 Å². The summed E-state index contributed by atoms with van der Waals surface area (Å²) in [7, 11) is 4.05. The maximum Gasteiger partial charge on any atom is 0.129 e.